The summed E-state index contributed by atoms with van der Waals surface area (Å²) in [5.74, 6) is 0. The first-order valence-electron chi connectivity index (χ1n) is 3.30. The van der Waals surface area contributed by atoms with Crippen LogP contribution in [0.15, 0.2) is 0 Å². The van der Waals surface area contributed by atoms with E-state index in [0.29, 0.717) is 6.42 Å². The van der Waals surface area contributed by atoms with Gasteiger partial charge in [0.1, 0.15) is 0 Å². The van der Waals surface area contributed by atoms with Gasteiger partial charge in [-0.1, -0.05) is 0 Å². The van der Waals surface area contributed by atoms with E-state index in [0.717, 1.165) is 0 Å². The SMILES string of the molecule is CC(C)(O)CC(C)(C)O.II. The van der Waals surface area contributed by atoms with Crippen molar-refractivity contribution in [1.29, 1.82) is 0 Å². The minimum absolute atomic E-state index is 0.403. The fraction of sp³-hybridized carbons (Fsp3) is 1.00. The van der Waals surface area contributed by atoms with Gasteiger partial charge in [0.05, 0.1) is 11.2 Å². The van der Waals surface area contributed by atoms with Gasteiger partial charge in [-0.3, -0.25) is 0 Å². The molecule has 0 amide bonds. The summed E-state index contributed by atoms with van der Waals surface area (Å²) in [5.41, 5.74) is -1.53. The van der Waals surface area contributed by atoms with E-state index < -0.39 is 11.2 Å². The van der Waals surface area contributed by atoms with Crippen molar-refractivity contribution in [2.75, 3.05) is 0 Å². The van der Waals surface area contributed by atoms with Crippen molar-refractivity contribution in [1.82, 2.24) is 0 Å². The van der Waals surface area contributed by atoms with Crippen LogP contribution in [0.25, 0.3) is 0 Å². The molecule has 2 N–H and O–H groups in total. The maximum atomic E-state index is 9.19. The van der Waals surface area contributed by atoms with Crippen molar-refractivity contribution in [3.05, 3.63) is 0 Å². The average Bonchev–Trinajstić information content (AvgIpc) is 1.60. The zero-order valence-electron chi connectivity index (χ0n) is 7.36. The molecule has 0 spiro atoms. The lowest BCUT2D eigenvalue weighted by Crippen LogP contribution is -2.32. The Morgan fingerprint density at radius 1 is 0.909 bits per heavy atom. The van der Waals surface area contributed by atoms with Crippen LogP contribution in [-0.2, 0) is 0 Å². The highest BCUT2D eigenvalue weighted by atomic mass is 128. The summed E-state index contributed by atoms with van der Waals surface area (Å²) in [4.78, 5) is 0. The van der Waals surface area contributed by atoms with Gasteiger partial charge in [-0.15, -0.1) is 0 Å². The summed E-state index contributed by atoms with van der Waals surface area (Å²) in [6.07, 6.45) is 0.403. The summed E-state index contributed by atoms with van der Waals surface area (Å²) in [7, 11) is 0. The lowest BCUT2D eigenvalue weighted by Gasteiger charge is -2.26. The van der Waals surface area contributed by atoms with E-state index in [9.17, 15) is 10.2 Å². The van der Waals surface area contributed by atoms with Gasteiger partial charge >= 0.3 is 0 Å². The fourth-order valence-corrected chi connectivity index (χ4v) is 1.06. The van der Waals surface area contributed by atoms with Crippen LogP contribution in [0.3, 0.4) is 0 Å². The van der Waals surface area contributed by atoms with Crippen LogP contribution < -0.4 is 0 Å². The first-order chi connectivity index (χ1) is 4.71. The molecule has 0 aromatic carbocycles. The zero-order chi connectivity index (χ0) is 9.71. The third-order valence-electron chi connectivity index (χ3n) is 0.865. The predicted octanol–water partition coefficient (Wildman–Crippen LogP) is 2.69. The smallest absolute Gasteiger partial charge is 0.0618 e. The molecular weight excluding hydrogens is 370 g/mol. The van der Waals surface area contributed by atoms with Crippen LogP contribution in [-0.4, -0.2) is 21.4 Å². The van der Waals surface area contributed by atoms with Crippen molar-refractivity contribution in [2.45, 2.75) is 45.3 Å². The van der Waals surface area contributed by atoms with Crippen molar-refractivity contribution in [2.24, 2.45) is 0 Å². The molecule has 0 unspecified atom stereocenters. The summed E-state index contributed by atoms with van der Waals surface area (Å²) >= 11 is 4.24. The van der Waals surface area contributed by atoms with Crippen LogP contribution >= 0.6 is 37.2 Å². The highest BCUT2D eigenvalue weighted by Gasteiger charge is 2.23. The molecule has 0 fully saturated rings. The predicted molar refractivity (Wildman–Crippen MR) is 65.3 cm³/mol. The van der Waals surface area contributed by atoms with Crippen molar-refractivity contribution < 1.29 is 10.2 Å². The molecule has 0 aliphatic rings. The Hall–Kier alpha value is 1.38. The van der Waals surface area contributed by atoms with Crippen LogP contribution in [0.1, 0.15) is 34.1 Å². The third-order valence-corrected chi connectivity index (χ3v) is 0.865. The van der Waals surface area contributed by atoms with Crippen LogP contribution in [0, 0.1) is 0 Å². The van der Waals surface area contributed by atoms with Gasteiger partial charge < -0.3 is 10.2 Å². The van der Waals surface area contributed by atoms with Crippen LogP contribution in [0.4, 0.5) is 0 Å². The van der Waals surface area contributed by atoms with Crippen LogP contribution in [0.2, 0.25) is 0 Å². The molecule has 0 saturated carbocycles. The first kappa shape index (κ1) is 14.9. The Kier molecular flexibility index (Phi) is 8.02. The Balaban J connectivity index is 0. The maximum Gasteiger partial charge on any atom is 0.0618 e. The minimum atomic E-state index is -0.766. The van der Waals surface area contributed by atoms with Gasteiger partial charge in [0.2, 0.25) is 0 Å². The van der Waals surface area contributed by atoms with E-state index in [4.69, 9.17) is 0 Å². The monoisotopic (exact) mass is 386 g/mol. The standard InChI is InChI=1S/C7H16O2.I2/c1-6(2,8)5-7(3,4)9;1-2/h8-9H,5H2,1-4H3;. The maximum absolute atomic E-state index is 9.19. The molecule has 0 saturated heterocycles. The lowest BCUT2D eigenvalue weighted by molar-refractivity contribution is -0.0244. The van der Waals surface area contributed by atoms with Gasteiger partial charge in [0, 0.05) is 43.7 Å². The quantitative estimate of drug-likeness (QED) is 0.717. The molecule has 11 heavy (non-hydrogen) atoms. The van der Waals surface area contributed by atoms with Crippen molar-refractivity contribution in [3.8, 4) is 0 Å². The van der Waals surface area contributed by atoms with Gasteiger partial charge in [0.15, 0.2) is 0 Å². The summed E-state index contributed by atoms with van der Waals surface area (Å²) in [6, 6.07) is 0. The Bertz CT molecular complexity index is 79.6. The average molecular weight is 386 g/mol. The topological polar surface area (TPSA) is 40.5 Å². The van der Waals surface area contributed by atoms with E-state index in [1.165, 1.54) is 0 Å². The molecule has 2 nitrogen and oxygen atoms in total. The molecule has 0 atom stereocenters. The van der Waals surface area contributed by atoms with Crippen molar-refractivity contribution >= 4 is 37.2 Å². The van der Waals surface area contributed by atoms with E-state index in [1.54, 1.807) is 27.7 Å². The Labute approximate surface area is 92.1 Å². The fourth-order valence-electron chi connectivity index (χ4n) is 1.06. The molecule has 0 bridgehead atoms. The summed E-state index contributed by atoms with van der Waals surface area (Å²) in [5, 5.41) is 18.4. The van der Waals surface area contributed by atoms with Crippen molar-refractivity contribution in [3.63, 3.8) is 0 Å². The first-order valence-corrected chi connectivity index (χ1v) is 9.58. The minimum Gasteiger partial charge on any atom is -0.390 e. The Morgan fingerprint density at radius 3 is 1.09 bits per heavy atom. The summed E-state index contributed by atoms with van der Waals surface area (Å²) < 4.78 is 0. The lowest BCUT2D eigenvalue weighted by atomic mass is 9.93. The highest BCUT2D eigenvalue weighted by molar-refractivity contribution is 15.0. The number of aliphatic hydroxyl groups is 2. The van der Waals surface area contributed by atoms with E-state index >= 15 is 0 Å². The molecule has 0 radical (unpaired) electrons. The van der Waals surface area contributed by atoms with E-state index in [-0.39, 0.29) is 0 Å². The number of hydrogen-bond acceptors (Lipinski definition) is 2. The molecule has 0 aliphatic heterocycles. The van der Waals surface area contributed by atoms with Gasteiger partial charge in [-0.25, -0.2) is 0 Å². The molecular formula is C7H16I2O2. The second-order valence-corrected chi connectivity index (χ2v) is 3.80. The number of halogens is 2. The zero-order valence-corrected chi connectivity index (χ0v) is 11.7. The van der Waals surface area contributed by atoms with Gasteiger partial charge in [0.25, 0.3) is 0 Å². The van der Waals surface area contributed by atoms with Gasteiger partial charge in [-0.05, 0) is 27.7 Å². The molecule has 4 heteroatoms. The largest absolute Gasteiger partial charge is 0.390 e. The second-order valence-electron chi connectivity index (χ2n) is 3.80. The summed E-state index contributed by atoms with van der Waals surface area (Å²) in [6.45, 7) is 6.74. The normalized spacial score (nSPS) is 12.0. The third kappa shape index (κ3) is 18.4. The second kappa shape index (κ2) is 5.93. The van der Waals surface area contributed by atoms with Gasteiger partial charge in [-0.2, -0.15) is 0 Å². The molecule has 70 valence electrons. The van der Waals surface area contributed by atoms with E-state index in [1.807, 2.05) is 0 Å². The number of hydrogen-bond donors (Lipinski definition) is 2. The molecule has 0 aromatic rings. The Morgan fingerprint density at radius 2 is 1.09 bits per heavy atom. The van der Waals surface area contributed by atoms with E-state index in [2.05, 4.69) is 37.2 Å². The molecule has 0 heterocycles. The van der Waals surface area contributed by atoms with Crippen LogP contribution in [0.5, 0.6) is 0 Å². The number of rotatable bonds is 2. The highest BCUT2D eigenvalue weighted by Crippen LogP contribution is 2.18. The molecule has 0 aliphatic carbocycles. The molecule has 0 rings (SSSR count). The molecule has 0 aromatic heterocycles.